The van der Waals surface area contributed by atoms with Crippen LogP contribution in [0.5, 0.6) is 5.75 Å². The van der Waals surface area contributed by atoms with Crippen molar-refractivity contribution < 1.29 is 23.0 Å². The molecule has 4 nitrogen and oxygen atoms in total. The molecule has 0 aliphatic carbocycles. The van der Waals surface area contributed by atoms with Crippen molar-refractivity contribution in [2.24, 2.45) is 0 Å². The van der Waals surface area contributed by atoms with Gasteiger partial charge in [-0.25, -0.2) is 4.79 Å². The first-order valence-corrected chi connectivity index (χ1v) is 4.57. The minimum Gasteiger partial charge on any atom is -0.465 e. The van der Waals surface area contributed by atoms with Gasteiger partial charge in [0.15, 0.2) is 0 Å². The van der Waals surface area contributed by atoms with Gasteiger partial charge in [0.05, 0.1) is 18.2 Å². The predicted molar refractivity (Wildman–Crippen MR) is 53.9 cm³/mol. The third-order valence-corrected chi connectivity index (χ3v) is 2.04. The lowest BCUT2D eigenvalue weighted by molar-refractivity contribution is -0.0498. The molecule has 1 aromatic rings. The highest BCUT2D eigenvalue weighted by molar-refractivity contribution is 5.94. The third-order valence-electron chi connectivity index (χ3n) is 2.04. The van der Waals surface area contributed by atoms with Crippen LogP contribution in [0.15, 0.2) is 12.1 Å². The van der Waals surface area contributed by atoms with E-state index in [1.54, 1.807) is 6.07 Å². The van der Waals surface area contributed by atoms with Crippen LogP contribution in [0.3, 0.4) is 0 Å². The van der Waals surface area contributed by atoms with E-state index in [2.05, 4.69) is 9.47 Å². The van der Waals surface area contributed by atoms with E-state index in [-0.39, 0.29) is 16.9 Å². The van der Waals surface area contributed by atoms with Crippen LogP contribution in [-0.4, -0.2) is 19.7 Å². The molecule has 0 N–H and O–H groups in total. The van der Waals surface area contributed by atoms with Gasteiger partial charge in [-0.05, 0) is 24.6 Å². The Labute approximate surface area is 96.4 Å². The monoisotopic (exact) mass is 241 g/mol. The molecule has 0 amide bonds. The Morgan fingerprint density at radius 1 is 1.47 bits per heavy atom. The second-order valence-corrected chi connectivity index (χ2v) is 3.14. The van der Waals surface area contributed by atoms with Crippen molar-refractivity contribution in [3.63, 3.8) is 0 Å². The maximum absolute atomic E-state index is 12.0. The topological polar surface area (TPSA) is 59.3 Å². The molecule has 0 saturated carbocycles. The Kier molecular flexibility index (Phi) is 3.99. The minimum atomic E-state index is -2.98. The molecular formula is C11H9F2NO3. The fourth-order valence-electron chi connectivity index (χ4n) is 1.39. The van der Waals surface area contributed by atoms with Crippen molar-refractivity contribution in [3.05, 3.63) is 28.8 Å². The molecule has 6 heteroatoms. The SMILES string of the molecule is COC(=O)c1c(C)cc(OC(F)F)cc1C#N. The molecule has 0 aromatic heterocycles. The van der Waals surface area contributed by atoms with Crippen LogP contribution >= 0.6 is 0 Å². The van der Waals surface area contributed by atoms with E-state index in [1.807, 2.05) is 0 Å². The molecule has 0 aliphatic rings. The number of rotatable bonds is 3. The van der Waals surface area contributed by atoms with Gasteiger partial charge in [-0.1, -0.05) is 0 Å². The molecule has 90 valence electrons. The Hall–Kier alpha value is -2.16. The smallest absolute Gasteiger partial charge is 0.387 e. The largest absolute Gasteiger partial charge is 0.465 e. The van der Waals surface area contributed by atoms with Gasteiger partial charge in [0.2, 0.25) is 0 Å². The van der Waals surface area contributed by atoms with Gasteiger partial charge in [-0.2, -0.15) is 14.0 Å². The van der Waals surface area contributed by atoms with Crippen molar-refractivity contribution >= 4 is 5.97 Å². The molecule has 0 fully saturated rings. The average molecular weight is 241 g/mol. The fourth-order valence-corrected chi connectivity index (χ4v) is 1.39. The molecule has 1 rings (SSSR count). The maximum atomic E-state index is 12.0. The highest BCUT2D eigenvalue weighted by Gasteiger charge is 2.17. The molecule has 0 radical (unpaired) electrons. The molecule has 0 unspecified atom stereocenters. The summed E-state index contributed by atoms with van der Waals surface area (Å²) in [7, 11) is 1.17. The zero-order valence-electron chi connectivity index (χ0n) is 9.16. The van der Waals surface area contributed by atoms with E-state index in [4.69, 9.17) is 5.26 Å². The summed E-state index contributed by atoms with van der Waals surface area (Å²) in [5, 5.41) is 8.85. The molecule has 17 heavy (non-hydrogen) atoms. The number of alkyl halides is 2. The van der Waals surface area contributed by atoms with Crippen molar-refractivity contribution in [3.8, 4) is 11.8 Å². The Morgan fingerprint density at radius 3 is 2.59 bits per heavy atom. The summed E-state index contributed by atoms with van der Waals surface area (Å²) in [6.45, 7) is -1.48. The number of halogens is 2. The summed E-state index contributed by atoms with van der Waals surface area (Å²) in [5.74, 6) is -0.857. The molecule has 0 bridgehead atoms. The van der Waals surface area contributed by atoms with E-state index < -0.39 is 12.6 Å². The molecular weight excluding hydrogens is 232 g/mol. The summed E-state index contributed by atoms with van der Waals surface area (Å²) in [6.07, 6.45) is 0. The normalized spacial score (nSPS) is 9.88. The van der Waals surface area contributed by atoms with Gasteiger partial charge in [-0.15, -0.1) is 0 Å². The Morgan fingerprint density at radius 2 is 2.12 bits per heavy atom. The molecule has 0 heterocycles. The van der Waals surface area contributed by atoms with Crippen LogP contribution in [-0.2, 0) is 4.74 Å². The summed E-state index contributed by atoms with van der Waals surface area (Å²) in [4.78, 5) is 11.4. The van der Waals surface area contributed by atoms with E-state index in [0.29, 0.717) is 5.56 Å². The number of benzene rings is 1. The maximum Gasteiger partial charge on any atom is 0.387 e. The number of carbonyl (C=O) groups is 1. The van der Waals surface area contributed by atoms with Crippen LogP contribution in [0.4, 0.5) is 8.78 Å². The van der Waals surface area contributed by atoms with E-state index >= 15 is 0 Å². The second-order valence-electron chi connectivity index (χ2n) is 3.14. The van der Waals surface area contributed by atoms with Gasteiger partial charge in [0.25, 0.3) is 0 Å². The molecule has 0 spiro atoms. The summed E-state index contributed by atoms with van der Waals surface area (Å²) in [5.41, 5.74) is 0.329. The van der Waals surface area contributed by atoms with Crippen molar-refractivity contribution in [1.29, 1.82) is 5.26 Å². The highest BCUT2D eigenvalue weighted by atomic mass is 19.3. The first kappa shape index (κ1) is 12.9. The van der Waals surface area contributed by atoms with Crippen LogP contribution in [0.2, 0.25) is 0 Å². The van der Waals surface area contributed by atoms with E-state index in [0.717, 1.165) is 6.07 Å². The van der Waals surface area contributed by atoms with Crippen LogP contribution in [0.25, 0.3) is 0 Å². The first-order valence-electron chi connectivity index (χ1n) is 4.57. The van der Waals surface area contributed by atoms with Crippen molar-refractivity contribution in [2.75, 3.05) is 7.11 Å². The number of carbonyl (C=O) groups excluding carboxylic acids is 1. The van der Waals surface area contributed by atoms with Gasteiger partial charge in [0.1, 0.15) is 11.8 Å². The molecule has 0 aliphatic heterocycles. The lowest BCUT2D eigenvalue weighted by atomic mass is 10.0. The van der Waals surface area contributed by atoms with Gasteiger partial charge >= 0.3 is 12.6 Å². The number of esters is 1. The standard InChI is InChI=1S/C11H9F2NO3/c1-6-3-8(17-11(12)13)4-7(5-14)9(6)10(15)16-2/h3-4,11H,1-2H3. The third kappa shape index (κ3) is 2.91. The van der Waals surface area contributed by atoms with E-state index in [1.165, 1.54) is 20.1 Å². The fraction of sp³-hybridized carbons (Fsp3) is 0.273. The number of ether oxygens (including phenoxy) is 2. The average Bonchev–Trinajstić information content (AvgIpc) is 2.26. The highest BCUT2D eigenvalue weighted by Crippen LogP contribution is 2.23. The number of nitriles is 1. The summed E-state index contributed by atoms with van der Waals surface area (Å²) in [6, 6.07) is 4.06. The van der Waals surface area contributed by atoms with Crippen LogP contribution < -0.4 is 4.74 Å². The molecule has 1 aromatic carbocycles. The van der Waals surface area contributed by atoms with Crippen LogP contribution in [0.1, 0.15) is 21.5 Å². The number of aryl methyl sites for hydroxylation is 1. The number of nitrogens with zero attached hydrogens (tertiary/aromatic N) is 1. The number of hydrogen-bond donors (Lipinski definition) is 0. The minimum absolute atomic E-state index is 0.0524. The lowest BCUT2D eigenvalue weighted by Crippen LogP contribution is -2.09. The number of hydrogen-bond acceptors (Lipinski definition) is 4. The first-order chi connectivity index (χ1) is 7.99. The van der Waals surface area contributed by atoms with Crippen molar-refractivity contribution in [1.82, 2.24) is 0 Å². The van der Waals surface area contributed by atoms with E-state index in [9.17, 15) is 13.6 Å². The summed E-state index contributed by atoms with van der Waals surface area (Å²) < 4.78 is 32.7. The van der Waals surface area contributed by atoms with Gasteiger partial charge < -0.3 is 9.47 Å². The lowest BCUT2D eigenvalue weighted by Gasteiger charge is -2.10. The Bertz CT molecular complexity index is 480. The Balaban J connectivity index is 3.27. The van der Waals surface area contributed by atoms with Gasteiger partial charge in [-0.3, -0.25) is 0 Å². The predicted octanol–water partition coefficient (Wildman–Crippen LogP) is 2.25. The molecule has 0 saturated heterocycles. The zero-order valence-corrected chi connectivity index (χ0v) is 9.16. The zero-order chi connectivity index (χ0) is 13.0. The quantitative estimate of drug-likeness (QED) is 0.761. The van der Waals surface area contributed by atoms with Crippen molar-refractivity contribution in [2.45, 2.75) is 13.5 Å². The number of methoxy groups -OCH3 is 1. The second kappa shape index (κ2) is 5.25. The molecule has 0 atom stereocenters. The summed E-state index contributed by atoms with van der Waals surface area (Å²) >= 11 is 0. The van der Waals surface area contributed by atoms with Crippen LogP contribution in [0, 0.1) is 18.3 Å². The van der Waals surface area contributed by atoms with Gasteiger partial charge in [0, 0.05) is 0 Å².